The number of hydrogen-bond acceptors (Lipinski definition) is 5. The van der Waals surface area contributed by atoms with E-state index in [1.165, 1.54) is 42.0 Å². The van der Waals surface area contributed by atoms with Gasteiger partial charge in [0.2, 0.25) is 10.0 Å². The smallest absolute Gasteiger partial charge is 0.255 e. The van der Waals surface area contributed by atoms with E-state index in [1.54, 1.807) is 13.0 Å². The molecular weight excluding hydrogens is 471 g/mol. The molecule has 0 aliphatic carbocycles. The van der Waals surface area contributed by atoms with Gasteiger partial charge in [-0.2, -0.15) is 5.10 Å². The molecule has 0 spiro atoms. The summed E-state index contributed by atoms with van der Waals surface area (Å²) in [4.78, 5) is 12.8. The lowest BCUT2D eigenvalue weighted by molar-refractivity contribution is 0.0965. The van der Waals surface area contributed by atoms with Crippen LogP contribution in [0.25, 0.3) is 16.8 Å². The summed E-state index contributed by atoms with van der Waals surface area (Å²) in [6.07, 6.45) is 1.91. The normalized spacial score (nSPS) is 11.4. The molecule has 8 nitrogen and oxygen atoms in total. The van der Waals surface area contributed by atoms with Gasteiger partial charge < -0.3 is 10.1 Å². The van der Waals surface area contributed by atoms with Gasteiger partial charge in [0.1, 0.15) is 29.6 Å². The third-order valence-electron chi connectivity index (χ3n) is 5.28. The van der Waals surface area contributed by atoms with E-state index in [4.69, 9.17) is 4.74 Å². The predicted molar refractivity (Wildman–Crippen MR) is 132 cm³/mol. The number of sulfonamides is 1. The minimum atomic E-state index is -3.63. The molecule has 35 heavy (non-hydrogen) atoms. The number of halogens is 1. The largest absolute Gasteiger partial charge is 0.487 e. The maximum atomic E-state index is 13.5. The second-order valence-electron chi connectivity index (χ2n) is 7.89. The van der Waals surface area contributed by atoms with E-state index in [0.29, 0.717) is 23.2 Å². The Kier molecular flexibility index (Phi) is 7.02. The van der Waals surface area contributed by atoms with Crippen LogP contribution in [0.4, 0.5) is 10.1 Å². The van der Waals surface area contributed by atoms with Gasteiger partial charge >= 0.3 is 0 Å². The number of fused-ring (bicyclic) bond motifs is 1. The monoisotopic (exact) mass is 496 g/mol. The zero-order valence-corrected chi connectivity index (χ0v) is 20.1. The topological polar surface area (TPSA) is 102 Å². The number of hydrogen-bond donors (Lipinski definition) is 2. The molecule has 182 valence electrons. The summed E-state index contributed by atoms with van der Waals surface area (Å²) >= 11 is 0. The molecule has 4 rings (SSSR count). The minimum absolute atomic E-state index is 0.0629. The van der Waals surface area contributed by atoms with E-state index in [1.807, 2.05) is 30.3 Å². The number of pyridine rings is 1. The standard InChI is InChI=1S/C25H25FN4O4S/c1-3-13-35(32,33)29-20-15-30-21(14-22(20)34-16-17-7-5-4-6-8-17)23(25(31)27-2)24(28-30)18-9-11-19(26)12-10-18/h4-12,14-15,29H,3,13,16H2,1-2H3,(H,27,31). The van der Waals surface area contributed by atoms with Crippen LogP contribution in [-0.2, 0) is 16.6 Å². The van der Waals surface area contributed by atoms with E-state index in [9.17, 15) is 17.6 Å². The van der Waals surface area contributed by atoms with E-state index in [-0.39, 0.29) is 29.4 Å². The second kappa shape index (κ2) is 10.1. The molecule has 2 heterocycles. The summed E-state index contributed by atoms with van der Waals surface area (Å²) in [6, 6.07) is 16.6. The van der Waals surface area contributed by atoms with Crippen molar-refractivity contribution in [3.63, 3.8) is 0 Å². The van der Waals surface area contributed by atoms with Crippen LogP contribution in [0.1, 0.15) is 29.3 Å². The molecular formula is C25H25FN4O4S. The van der Waals surface area contributed by atoms with E-state index in [0.717, 1.165) is 5.56 Å². The van der Waals surface area contributed by atoms with Crippen molar-refractivity contribution in [1.29, 1.82) is 0 Å². The Hall–Kier alpha value is -3.92. The third-order valence-corrected chi connectivity index (χ3v) is 6.76. The maximum absolute atomic E-state index is 13.5. The first-order valence-electron chi connectivity index (χ1n) is 11.0. The van der Waals surface area contributed by atoms with Gasteiger partial charge in [0, 0.05) is 18.7 Å². The Labute approximate surface area is 202 Å². The first-order valence-corrected chi connectivity index (χ1v) is 12.7. The molecule has 0 radical (unpaired) electrons. The quantitative estimate of drug-likeness (QED) is 0.361. The van der Waals surface area contributed by atoms with Crippen LogP contribution < -0.4 is 14.8 Å². The summed E-state index contributed by atoms with van der Waals surface area (Å²) in [6.45, 7) is 1.96. The first kappa shape index (κ1) is 24.2. The number of carbonyl (C=O) groups excluding carboxylic acids is 1. The zero-order valence-electron chi connectivity index (χ0n) is 19.3. The van der Waals surface area contributed by atoms with Crippen molar-refractivity contribution >= 4 is 27.1 Å². The summed E-state index contributed by atoms with van der Waals surface area (Å²) in [5, 5.41) is 7.13. The Balaban J connectivity index is 1.87. The van der Waals surface area contributed by atoms with Crippen LogP contribution in [0.3, 0.4) is 0 Å². The number of nitrogens with zero attached hydrogens (tertiary/aromatic N) is 2. The van der Waals surface area contributed by atoms with Gasteiger partial charge in [0.25, 0.3) is 5.91 Å². The molecule has 2 N–H and O–H groups in total. The van der Waals surface area contributed by atoms with Gasteiger partial charge in [-0.3, -0.25) is 9.52 Å². The highest BCUT2D eigenvalue weighted by molar-refractivity contribution is 7.92. The van der Waals surface area contributed by atoms with Crippen molar-refractivity contribution in [2.45, 2.75) is 20.0 Å². The molecule has 0 unspecified atom stereocenters. The average Bonchev–Trinajstić information content (AvgIpc) is 3.21. The van der Waals surface area contributed by atoms with Crippen molar-refractivity contribution in [2.75, 3.05) is 17.5 Å². The molecule has 0 fully saturated rings. The molecule has 1 amide bonds. The lowest BCUT2D eigenvalue weighted by Gasteiger charge is -2.14. The maximum Gasteiger partial charge on any atom is 0.255 e. The highest BCUT2D eigenvalue weighted by Crippen LogP contribution is 2.33. The fourth-order valence-electron chi connectivity index (χ4n) is 3.65. The van der Waals surface area contributed by atoms with Gasteiger partial charge in [0.15, 0.2) is 0 Å². The zero-order chi connectivity index (χ0) is 25.0. The van der Waals surface area contributed by atoms with Crippen LogP contribution in [0.2, 0.25) is 0 Å². The number of nitrogens with one attached hydrogen (secondary N) is 2. The minimum Gasteiger partial charge on any atom is -0.487 e. The van der Waals surface area contributed by atoms with Gasteiger partial charge in [-0.25, -0.2) is 17.3 Å². The summed E-state index contributed by atoms with van der Waals surface area (Å²) in [7, 11) is -2.13. The number of benzene rings is 2. The molecule has 0 aliphatic rings. The van der Waals surface area contributed by atoms with Crippen molar-refractivity contribution in [1.82, 2.24) is 14.9 Å². The molecule has 4 aromatic rings. The number of rotatable bonds is 9. The predicted octanol–water partition coefficient (Wildman–Crippen LogP) is 4.23. The van der Waals surface area contributed by atoms with Gasteiger partial charge in [-0.05, 0) is 36.2 Å². The number of carbonyl (C=O) groups is 1. The summed E-state index contributed by atoms with van der Waals surface area (Å²) in [5.41, 5.74) is 2.61. The van der Waals surface area contributed by atoms with Crippen molar-refractivity contribution in [3.05, 3.63) is 83.8 Å². The molecule has 0 atom stereocenters. The molecule has 0 bridgehead atoms. The van der Waals surface area contributed by atoms with Crippen LogP contribution in [-0.4, -0.2) is 36.7 Å². The van der Waals surface area contributed by atoms with Crippen molar-refractivity contribution < 1.29 is 22.3 Å². The van der Waals surface area contributed by atoms with E-state index in [2.05, 4.69) is 15.1 Å². The van der Waals surface area contributed by atoms with Crippen LogP contribution in [0.5, 0.6) is 5.75 Å². The Morgan fingerprint density at radius 2 is 1.83 bits per heavy atom. The van der Waals surface area contributed by atoms with Gasteiger partial charge in [-0.15, -0.1) is 0 Å². The molecule has 2 aromatic carbocycles. The van der Waals surface area contributed by atoms with E-state index < -0.39 is 21.7 Å². The van der Waals surface area contributed by atoms with Crippen LogP contribution in [0, 0.1) is 5.82 Å². The number of anilines is 1. The molecule has 0 saturated heterocycles. The summed E-state index contributed by atoms with van der Waals surface area (Å²) < 4.78 is 48.6. The summed E-state index contributed by atoms with van der Waals surface area (Å²) in [5.74, 6) is -0.625. The third kappa shape index (κ3) is 5.43. The highest BCUT2D eigenvalue weighted by Gasteiger charge is 2.23. The lowest BCUT2D eigenvalue weighted by atomic mass is 10.1. The van der Waals surface area contributed by atoms with Crippen LogP contribution >= 0.6 is 0 Å². The Morgan fingerprint density at radius 3 is 2.49 bits per heavy atom. The number of amides is 1. The highest BCUT2D eigenvalue weighted by atomic mass is 32.2. The number of aromatic nitrogens is 2. The van der Waals surface area contributed by atoms with Crippen LogP contribution in [0.15, 0.2) is 66.9 Å². The van der Waals surface area contributed by atoms with Crippen molar-refractivity contribution in [2.24, 2.45) is 0 Å². The van der Waals surface area contributed by atoms with Gasteiger partial charge in [0.05, 0.1) is 23.0 Å². The number of ether oxygens (including phenoxy) is 1. The fraction of sp³-hybridized carbons (Fsp3) is 0.200. The second-order valence-corrected chi connectivity index (χ2v) is 9.73. The molecule has 0 aliphatic heterocycles. The Bertz CT molecular complexity index is 1450. The first-order chi connectivity index (χ1) is 16.8. The van der Waals surface area contributed by atoms with Crippen molar-refractivity contribution in [3.8, 4) is 17.0 Å². The average molecular weight is 497 g/mol. The van der Waals surface area contributed by atoms with Gasteiger partial charge in [-0.1, -0.05) is 37.3 Å². The molecule has 10 heteroatoms. The lowest BCUT2D eigenvalue weighted by Crippen LogP contribution is -2.19. The van der Waals surface area contributed by atoms with E-state index >= 15 is 0 Å². The SMILES string of the molecule is CCCS(=O)(=O)Nc1cn2nc(-c3ccc(F)cc3)c(C(=O)NC)c2cc1OCc1ccccc1. The molecule has 0 saturated carbocycles. The molecule has 2 aromatic heterocycles. The Morgan fingerprint density at radius 1 is 1.11 bits per heavy atom. The fourth-order valence-corrected chi connectivity index (χ4v) is 4.78.